The molecule has 0 saturated carbocycles. The third-order valence-corrected chi connectivity index (χ3v) is 3.45. The SMILES string of the molecule is CCC1(N)CN(c2ccnc(C(=O)N(C)C)c2)C1. The molecular formula is C13H20N4O. The van der Waals surface area contributed by atoms with Crippen LogP contribution in [0, 0.1) is 0 Å². The van der Waals surface area contributed by atoms with Gasteiger partial charge in [0, 0.05) is 39.1 Å². The van der Waals surface area contributed by atoms with Crippen molar-refractivity contribution < 1.29 is 4.79 Å². The van der Waals surface area contributed by atoms with Crippen LogP contribution in [0.1, 0.15) is 23.8 Å². The lowest BCUT2D eigenvalue weighted by atomic mass is 9.88. The van der Waals surface area contributed by atoms with Gasteiger partial charge in [0.05, 0.1) is 5.54 Å². The molecule has 1 fully saturated rings. The number of nitrogens with zero attached hydrogens (tertiary/aromatic N) is 3. The fourth-order valence-corrected chi connectivity index (χ4v) is 2.08. The summed E-state index contributed by atoms with van der Waals surface area (Å²) in [6.45, 7) is 3.77. The molecule has 5 nitrogen and oxygen atoms in total. The Morgan fingerprint density at radius 3 is 2.78 bits per heavy atom. The lowest BCUT2D eigenvalue weighted by Gasteiger charge is -2.48. The summed E-state index contributed by atoms with van der Waals surface area (Å²) < 4.78 is 0. The fourth-order valence-electron chi connectivity index (χ4n) is 2.08. The summed E-state index contributed by atoms with van der Waals surface area (Å²) in [6, 6.07) is 3.75. The monoisotopic (exact) mass is 248 g/mol. The number of pyridine rings is 1. The lowest BCUT2D eigenvalue weighted by molar-refractivity contribution is 0.0822. The molecule has 5 heteroatoms. The summed E-state index contributed by atoms with van der Waals surface area (Å²) in [5.74, 6) is -0.0770. The highest BCUT2D eigenvalue weighted by Crippen LogP contribution is 2.28. The van der Waals surface area contributed by atoms with Gasteiger partial charge in [-0.3, -0.25) is 9.78 Å². The highest BCUT2D eigenvalue weighted by Gasteiger charge is 2.37. The van der Waals surface area contributed by atoms with E-state index in [9.17, 15) is 4.79 Å². The van der Waals surface area contributed by atoms with Crippen molar-refractivity contribution in [2.45, 2.75) is 18.9 Å². The predicted octanol–water partition coefficient (Wildman–Crippen LogP) is 0.711. The van der Waals surface area contributed by atoms with Gasteiger partial charge in [0.25, 0.3) is 5.91 Å². The van der Waals surface area contributed by atoms with Crippen LogP contribution in [0.15, 0.2) is 18.3 Å². The van der Waals surface area contributed by atoms with Gasteiger partial charge in [0.2, 0.25) is 0 Å². The van der Waals surface area contributed by atoms with Gasteiger partial charge in [-0.05, 0) is 18.6 Å². The second-order valence-electron chi connectivity index (χ2n) is 5.17. The molecule has 0 bridgehead atoms. The Hall–Kier alpha value is -1.62. The number of carbonyl (C=O) groups excluding carboxylic acids is 1. The molecule has 0 radical (unpaired) electrons. The molecular weight excluding hydrogens is 228 g/mol. The molecule has 2 heterocycles. The molecule has 98 valence electrons. The molecule has 2 rings (SSSR count). The van der Waals surface area contributed by atoms with Crippen molar-refractivity contribution in [2.24, 2.45) is 5.73 Å². The molecule has 18 heavy (non-hydrogen) atoms. The molecule has 0 aromatic carbocycles. The number of carbonyl (C=O) groups is 1. The molecule has 1 aliphatic rings. The highest BCUT2D eigenvalue weighted by atomic mass is 16.2. The molecule has 2 N–H and O–H groups in total. The number of aromatic nitrogens is 1. The maximum absolute atomic E-state index is 11.8. The zero-order valence-corrected chi connectivity index (χ0v) is 11.2. The lowest BCUT2D eigenvalue weighted by Crippen LogP contribution is -2.67. The number of anilines is 1. The Kier molecular flexibility index (Phi) is 3.26. The molecule has 0 unspecified atom stereocenters. The smallest absolute Gasteiger partial charge is 0.272 e. The van der Waals surface area contributed by atoms with E-state index in [1.165, 1.54) is 4.90 Å². The van der Waals surface area contributed by atoms with E-state index in [2.05, 4.69) is 16.8 Å². The number of hydrogen-bond donors (Lipinski definition) is 1. The number of hydrogen-bond acceptors (Lipinski definition) is 4. The normalized spacial score (nSPS) is 17.2. The Bertz CT molecular complexity index is 452. The van der Waals surface area contributed by atoms with Gasteiger partial charge in [-0.2, -0.15) is 0 Å². The molecule has 0 atom stereocenters. The standard InChI is InChI=1S/C13H20N4O/c1-4-13(14)8-17(9-13)10-5-6-15-11(7-10)12(18)16(2)3/h5-7H,4,8-9,14H2,1-3H3. The van der Waals surface area contributed by atoms with Gasteiger partial charge < -0.3 is 15.5 Å². The summed E-state index contributed by atoms with van der Waals surface area (Å²) in [5, 5.41) is 0. The average Bonchev–Trinajstić information content (AvgIpc) is 2.34. The van der Waals surface area contributed by atoms with Gasteiger partial charge in [0.1, 0.15) is 5.69 Å². The van der Waals surface area contributed by atoms with Crippen molar-refractivity contribution in [3.63, 3.8) is 0 Å². The van der Waals surface area contributed by atoms with Crippen LogP contribution in [0.4, 0.5) is 5.69 Å². The van der Waals surface area contributed by atoms with Crippen molar-refractivity contribution in [3.05, 3.63) is 24.0 Å². The van der Waals surface area contributed by atoms with Crippen LogP contribution in [-0.2, 0) is 0 Å². The first kappa shape index (κ1) is 12.8. The van der Waals surface area contributed by atoms with Gasteiger partial charge in [-0.1, -0.05) is 6.92 Å². The van der Waals surface area contributed by atoms with Crippen molar-refractivity contribution in [1.82, 2.24) is 9.88 Å². The van der Waals surface area contributed by atoms with Crippen LogP contribution >= 0.6 is 0 Å². The van der Waals surface area contributed by atoms with Gasteiger partial charge in [-0.25, -0.2) is 0 Å². The number of amides is 1. The van der Waals surface area contributed by atoms with E-state index >= 15 is 0 Å². The molecule has 0 spiro atoms. The minimum Gasteiger partial charge on any atom is -0.368 e. The van der Waals surface area contributed by atoms with E-state index in [4.69, 9.17) is 5.73 Å². The Morgan fingerprint density at radius 1 is 1.56 bits per heavy atom. The van der Waals surface area contributed by atoms with E-state index in [0.717, 1.165) is 25.2 Å². The highest BCUT2D eigenvalue weighted by molar-refractivity contribution is 5.92. The first-order valence-electron chi connectivity index (χ1n) is 6.17. The van der Waals surface area contributed by atoms with Crippen LogP contribution < -0.4 is 10.6 Å². The van der Waals surface area contributed by atoms with Gasteiger partial charge in [0.15, 0.2) is 0 Å². The Morgan fingerprint density at radius 2 is 2.22 bits per heavy atom. The number of nitrogens with two attached hydrogens (primary N) is 1. The second kappa shape index (κ2) is 4.57. The maximum Gasteiger partial charge on any atom is 0.272 e. The third kappa shape index (κ3) is 2.31. The fraction of sp³-hybridized carbons (Fsp3) is 0.538. The minimum absolute atomic E-state index is 0.0744. The topological polar surface area (TPSA) is 62.5 Å². The van der Waals surface area contributed by atoms with Crippen LogP contribution in [0.5, 0.6) is 0 Å². The molecule has 1 saturated heterocycles. The van der Waals surface area contributed by atoms with Crippen molar-refractivity contribution in [2.75, 3.05) is 32.1 Å². The third-order valence-electron chi connectivity index (χ3n) is 3.45. The maximum atomic E-state index is 11.8. The van der Waals surface area contributed by atoms with Gasteiger partial charge >= 0.3 is 0 Å². The van der Waals surface area contributed by atoms with E-state index in [-0.39, 0.29) is 11.4 Å². The second-order valence-corrected chi connectivity index (χ2v) is 5.17. The molecule has 1 aliphatic heterocycles. The largest absolute Gasteiger partial charge is 0.368 e. The summed E-state index contributed by atoms with van der Waals surface area (Å²) in [5.41, 5.74) is 7.56. The van der Waals surface area contributed by atoms with E-state index < -0.39 is 0 Å². The zero-order valence-electron chi connectivity index (χ0n) is 11.2. The summed E-state index contributed by atoms with van der Waals surface area (Å²) >= 11 is 0. The first-order chi connectivity index (χ1) is 8.45. The van der Waals surface area contributed by atoms with Crippen molar-refractivity contribution in [3.8, 4) is 0 Å². The minimum atomic E-state index is -0.0770. The summed E-state index contributed by atoms with van der Waals surface area (Å²) in [7, 11) is 3.45. The van der Waals surface area contributed by atoms with Crippen molar-refractivity contribution >= 4 is 11.6 Å². The molecule has 1 aromatic heterocycles. The summed E-state index contributed by atoms with van der Waals surface area (Å²) in [6.07, 6.45) is 2.65. The van der Waals surface area contributed by atoms with E-state index in [1.807, 2.05) is 12.1 Å². The molecule has 1 amide bonds. The van der Waals surface area contributed by atoms with Crippen LogP contribution in [0.3, 0.4) is 0 Å². The zero-order chi connectivity index (χ0) is 13.3. The Balaban J connectivity index is 2.12. The van der Waals surface area contributed by atoms with Crippen LogP contribution in [-0.4, -0.2) is 48.5 Å². The summed E-state index contributed by atoms with van der Waals surface area (Å²) in [4.78, 5) is 19.6. The van der Waals surface area contributed by atoms with E-state index in [1.54, 1.807) is 20.3 Å². The molecule has 1 aromatic rings. The molecule has 0 aliphatic carbocycles. The quantitative estimate of drug-likeness (QED) is 0.855. The van der Waals surface area contributed by atoms with Crippen LogP contribution in [0.25, 0.3) is 0 Å². The van der Waals surface area contributed by atoms with Crippen LogP contribution in [0.2, 0.25) is 0 Å². The Labute approximate surface area is 108 Å². The van der Waals surface area contributed by atoms with Gasteiger partial charge in [-0.15, -0.1) is 0 Å². The first-order valence-corrected chi connectivity index (χ1v) is 6.17. The predicted molar refractivity (Wildman–Crippen MR) is 71.7 cm³/mol. The van der Waals surface area contributed by atoms with E-state index in [0.29, 0.717) is 5.69 Å². The van der Waals surface area contributed by atoms with Crippen molar-refractivity contribution in [1.29, 1.82) is 0 Å². The number of rotatable bonds is 3. The average molecular weight is 248 g/mol.